The van der Waals surface area contributed by atoms with Gasteiger partial charge in [0.25, 0.3) is 0 Å². The van der Waals surface area contributed by atoms with E-state index in [-0.39, 0.29) is 10.9 Å². The molecule has 0 saturated heterocycles. The average molecular weight is 266 g/mol. The topological polar surface area (TPSA) is 86.2 Å². The molecular weight excluding hydrogens is 252 g/mol. The molecule has 3 N–H and O–H groups in total. The smallest absolute Gasteiger partial charge is 0.185 e. The molecule has 2 aromatic rings. The Kier molecular flexibility index (Phi) is 4.00. The molecule has 0 aliphatic carbocycles. The van der Waals surface area contributed by atoms with E-state index < -0.39 is 12.2 Å². The van der Waals surface area contributed by atoms with Crippen molar-refractivity contribution in [3.8, 4) is 0 Å². The largest absolute Gasteiger partial charge is 0.389 e. The minimum absolute atomic E-state index is 0.0824. The summed E-state index contributed by atoms with van der Waals surface area (Å²) in [4.78, 5) is 10.8. The Bertz CT molecular complexity index is 555. The first-order valence-electron chi connectivity index (χ1n) is 5.51. The van der Waals surface area contributed by atoms with E-state index in [9.17, 15) is 15.0 Å². The number of benzene rings is 1. The third-order valence-electron chi connectivity index (χ3n) is 2.65. The van der Waals surface area contributed by atoms with Gasteiger partial charge >= 0.3 is 0 Å². The molecule has 1 aromatic heterocycles. The third-order valence-corrected chi connectivity index (χ3v) is 3.56. The lowest BCUT2D eigenvalue weighted by Gasteiger charge is -2.17. The summed E-state index contributed by atoms with van der Waals surface area (Å²) < 4.78 is 0. The number of hydrogen-bond donors (Lipinski definition) is 3. The highest BCUT2D eigenvalue weighted by Crippen LogP contribution is 2.26. The van der Waals surface area contributed by atoms with Gasteiger partial charge < -0.3 is 10.2 Å². The molecule has 5 nitrogen and oxygen atoms in total. The first-order chi connectivity index (χ1) is 8.59. The molecule has 0 fully saturated rings. The van der Waals surface area contributed by atoms with Crippen LogP contribution < -0.4 is 0 Å². The normalized spacial score (nSPS) is 14.6. The quantitative estimate of drug-likeness (QED) is 0.775. The fourth-order valence-corrected chi connectivity index (χ4v) is 2.33. The molecule has 2 unspecified atom stereocenters. The average Bonchev–Trinajstić information content (AvgIpc) is 2.82. The van der Waals surface area contributed by atoms with Crippen LogP contribution in [0.5, 0.6) is 0 Å². The van der Waals surface area contributed by atoms with Crippen molar-refractivity contribution in [1.29, 1.82) is 0 Å². The fraction of sp³-hybridized carbons (Fsp3) is 0.333. The maximum atomic E-state index is 10.8. The first-order valence-corrected chi connectivity index (χ1v) is 6.49. The number of aromatic nitrogens is 2. The zero-order valence-electron chi connectivity index (χ0n) is 9.83. The second-order valence-corrected chi connectivity index (χ2v) is 5.19. The zero-order chi connectivity index (χ0) is 13.1. The number of thioether (sulfide) groups is 1. The highest BCUT2D eigenvalue weighted by Gasteiger charge is 2.21. The summed E-state index contributed by atoms with van der Waals surface area (Å²) in [5.41, 5.74) is 1.29. The van der Waals surface area contributed by atoms with Gasteiger partial charge in [0.1, 0.15) is 6.10 Å². The Morgan fingerprint density at radius 1 is 1.50 bits per heavy atom. The van der Waals surface area contributed by atoms with Gasteiger partial charge in [0, 0.05) is 23.6 Å². The minimum atomic E-state index is -1.04. The van der Waals surface area contributed by atoms with Crippen LogP contribution in [0.3, 0.4) is 0 Å². The SMILES string of the molecule is CC(=O)SCC(O)C(O)c1cccc2cn[nH]c12. The van der Waals surface area contributed by atoms with E-state index in [0.29, 0.717) is 11.1 Å². The van der Waals surface area contributed by atoms with Gasteiger partial charge in [-0.25, -0.2) is 0 Å². The highest BCUT2D eigenvalue weighted by molar-refractivity contribution is 8.13. The van der Waals surface area contributed by atoms with Crippen LogP contribution in [0.4, 0.5) is 0 Å². The Morgan fingerprint density at radius 3 is 3.00 bits per heavy atom. The van der Waals surface area contributed by atoms with Crippen LogP contribution in [0.25, 0.3) is 10.9 Å². The molecule has 1 heterocycles. The molecule has 2 atom stereocenters. The number of hydrogen-bond acceptors (Lipinski definition) is 5. The van der Waals surface area contributed by atoms with Crippen molar-refractivity contribution in [2.75, 3.05) is 5.75 Å². The van der Waals surface area contributed by atoms with Crippen LogP contribution in [0.1, 0.15) is 18.6 Å². The third kappa shape index (κ3) is 2.72. The lowest BCUT2D eigenvalue weighted by Crippen LogP contribution is -2.21. The van der Waals surface area contributed by atoms with Crippen LogP contribution in [0, 0.1) is 0 Å². The van der Waals surface area contributed by atoms with Crippen molar-refractivity contribution in [3.63, 3.8) is 0 Å². The van der Waals surface area contributed by atoms with Gasteiger partial charge in [0.05, 0.1) is 17.8 Å². The number of aromatic amines is 1. The van der Waals surface area contributed by atoms with E-state index in [1.807, 2.05) is 6.07 Å². The number of aliphatic hydroxyl groups excluding tert-OH is 2. The van der Waals surface area contributed by atoms with E-state index >= 15 is 0 Å². The van der Waals surface area contributed by atoms with E-state index in [4.69, 9.17) is 0 Å². The molecule has 1 aromatic carbocycles. The van der Waals surface area contributed by atoms with Crippen molar-refractivity contribution >= 4 is 27.8 Å². The molecule has 6 heteroatoms. The van der Waals surface area contributed by atoms with Crippen LogP contribution >= 0.6 is 11.8 Å². The van der Waals surface area contributed by atoms with Crippen molar-refractivity contribution in [3.05, 3.63) is 30.0 Å². The van der Waals surface area contributed by atoms with Gasteiger partial charge in [-0.3, -0.25) is 9.89 Å². The lowest BCUT2D eigenvalue weighted by atomic mass is 10.0. The van der Waals surface area contributed by atoms with E-state index in [1.165, 1.54) is 6.92 Å². The predicted molar refractivity (Wildman–Crippen MR) is 70.2 cm³/mol. The van der Waals surface area contributed by atoms with E-state index in [0.717, 1.165) is 17.1 Å². The molecular formula is C12H14N2O3S. The Balaban J connectivity index is 2.19. The standard InChI is InChI=1S/C12H14N2O3S/c1-7(15)18-6-10(16)12(17)9-4-2-3-8-5-13-14-11(8)9/h2-5,10,12,16-17H,6H2,1H3,(H,13,14). The molecule has 96 valence electrons. The van der Waals surface area contributed by atoms with Crippen molar-refractivity contribution < 1.29 is 15.0 Å². The van der Waals surface area contributed by atoms with Crippen LogP contribution in [-0.2, 0) is 4.79 Å². The van der Waals surface area contributed by atoms with Gasteiger partial charge in [0.2, 0.25) is 0 Å². The molecule has 0 bridgehead atoms. The maximum absolute atomic E-state index is 10.8. The van der Waals surface area contributed by atoms with Crippen molar-refractivity contribution in [2.24, 2.45) is 0 Å². The van der Waals surface area contributed by atoms with E-state index in [1.54, 1.807) is 18.3 Å². The Labute approximate surface area is 108 Å². The molecule has 18 heavy (non-hydrogen) atoms. The number of carbonyl (C=O) groups is 1. The van der Waals surface area contributed by atoms with Gasteiger partial charge in [-0.05, 0) is 0 Å². The summed E-state index contributed by atoms with van der Waals surface area (Å²) in [6.45, 7) is 1.43. The summed E-state index contributed by atoms with van der Waals surface area (Å²) >= 11 is 0.995. The number of rotatable bonds is 4. The van der Waals surface area contributed by atoms with Crippen LogP contribution in [0.15, 0.2) is 24.4 Å². The number of para-hydroxylation sites is 1. The summed E-state index contributed by atoms with van der Waals surface area (Å²) in [5.74, 6) is 0.168. The minimum Gasteiger partial charge on any atom is -0.389 e. The second kappa shape index (κ2) is 5.51. The maximum Gasteiger partial charge on any atom is 0.185 e. The van der Waals surface area contributed by atoms with Crippen LogP contribution in [0.2, 0.25) is 0 Å². The molecule has 0 amide bonds. The highest BCUT2D eigenvalue weighted by atomic mass is 32.2. The second-order valence-electron chi connectivity index (χ2n) is 4.00. The van der Waals surface area contributed by atoms with Gasteiger partial charge in [0.15, 0.2) is 5.12 Å². The predicted octanol–water partition coefficient (Wildman–Crippen LogP) is 1.24. The summed E-state index contributed by atoms with van der Waals surface area (Å²) in [6.07, 6.45) is -0.379. The zero-order valence-corrected chi connectivity index (χ0v) is 10.6. The number of nitrogens with one attached hydrogen (secondary N) is 1. The van der Waals surface area contributed by atoms with Crippen molar-refractivity contribution in [1.82, 2.24) is 10.2 Å². The number of carbonyl (C=O) groups excluding carboxylic acids is 1. The lowest BCUT2D eigenvalue weighted by molar-refractivity contribution is -0.109. The number of fused-ring (bicyclic) bond motifs is 1. The van der Waals surface area contributed by atoms with Gasteiger partial charge in [-0.1, -0.05) is 30.0 Å². The Hall–Kier alpha value is -1.37. The first kappa shape index (κ1) is 13.1. The molecule has 2 rings (SSSR count). The van der Waals surface area contributed by atoms with Gasteiger partial charge in [-0.15, -0.1) is 0 Å². The van der Waals surface area contributed by atoms with Crippen LogP contribution in [-0.4, -0.2) is 37.4 Å². The summed E-state index contributed by atoms with van der Waals surface area (Å²) in [6, 6.07) is 5.39. The van der Waals surface area contributed by atoms with Gasteiger partial charge in [-0.2, -0.15) is 5.10 Å². The fourth-order valence-electron chi connectivity index (χ4n) is 1.74. The molecule has 0 saturated carbocycles. The monoisotopic (exact) mass is 266 g/mol. The summed E-state index contributed by atoms with van der Waals surface area (Å²) in [7, 11) is 0. The number of aliphatic hydroxyl groups is 2. The van der Waals surface area contributed by atoms with E-state index in [2.05, 4.69) is 10.2 Å². The van der Waals surface area contributed by atoms with Crippen molar-refractivity contribution in [2.45, 2.75) is 19.1 Å². The molecule has 0 radical (unpaired) electrons. The molecule has 0 aliphatic heterocycles. The molecule has 0 aliphatic rings. The number of nitrogens with zero attached hydrogens (tertiary/aromatic N) is 1. The molecule has 0 spiro atoms. The Morgan fingerprint density at radius 2 is 2.28 bits per heavy atom. The summed E-state index contributed by atoms with van der Waals surface area (Å²) in [5, 5.41) is 27.4. The number of H-pyrrole nitrogens is 1.